The average molecular weight is 310 g/mol. The van der Waals surface area contributed by atoms with E-state index in [-0.39, 0.29) is 11.7 Å². The highest BCUT2D eigenvalue weighted by molar-refractivity contribution is 6.03. The number of ketones is 1. The molecule has 0 spiro atoms. The number of carboxylic acid groups (broad SMARTS) is 1. The number of unbranched alkanes of at least 4 members (excludes halogenated alkanes) is 7. The molecular weight excluding hydrogens is 284 g/mol. The fraction of sp³-hybridized carbons (Fsp3) is 0.647. The van der Waals surface area contributed by atoms with Crippen molar-refractivity contribution in [1.29, 1.82) is 0 Å². The van der Waals surface area contributed by atoms with Gasteiger partial charge in [-0.15, -0.1) is 0 Å². The molecule has 22 heavy (non-hydrogen) atoms. The van der Waals surface area contributed by atoms with Crippen LogP contribution >= 0.6 is 0 Å². The summed E-state index contributed by atoms with van der Waals surface area (Å²) in [6.45, 7) is 2.77. The summed E-state index contributed by atoms with van der Waals surface area (Å²) in [7, 11) is 0. The number of hydrogen-bond acceptors (Lipinski definition) is 4. The molecule has 0 fully saturated rings. The van der Waals surface area contributed by atoms with Crippen LogP contribution in [0.3, 0.4) is 0 Å². The van der Waals surface area contributed by atoms with E-state index in [0.717, 1.165) is 12.8 Å². The van der Waals surface area contributed by atoms with Gasteiger partial charge in [-0.2, -0.15) is 0 Å². The van der Waals surface area contributed by atoms with Gasteiger partial charge in [0.25, 0.3) is 5.95 Å². The zero-order valence-corrected chi connectivity index (χ0v) is 13.3. The summed E-state index contributed by atoms with van der Waals surface area (Å²) in [4.78, 5) is 21.9. The fourth-order valence-corrected chi connectivity index (χ4v) is 2.18. The molecule has 5 heteroatoms. The lowest BCUT2D eigenvalue weighted by Crippen LogP contribution is -2.05. The van der Waals surface area contributed by atoms with Crippen LogP contribution in [0.5, 0.6) is 5.95 Å². The number of carbonyl (C=O) groups excluding carboxylic acids is 1. The number of rotatable bonds is 13. The second kappa shape index (κ2) is 10.9. The van der Waals surface area contributed by atoms with E-state index < -0.39 is 18.2 Å². The quantitative estimate of drug-likeness (QED) is 0.331. The minimum Gasteiger partial charge on any atom is -0.481 e. The van der Waals surface area contributed by atoms with E-state index in [4.69, 9.17) is 14.3 Å². The Bertz CT molecular complexity index is 450. The van der Waals surface area contributed by atoms with Gasteiger partial charge in [0.2, 0.25) is 5.78 Å². The molecule has 5 nitrogen and oxygen atoms in total. The summed E-state index contributed by atoms with van der Waals surface area (Å²) < 4.78 is 10.6. The number of ether oxygens (including phenoxy) is 1. The van der Waals surface area contributed by atoms with Gasteiger partial charge in [-0.1, -0.05) is 51.9 Å². The van der Waals surface area contributed by atoms with Crippen molar-refractivity contribution in [3.63, 3.8) is 0 Å². The van der Waals surface area contributed by atoms with Gasteiger partial charge in [-0.25, -0.2) is 0 Å². The summed E-state index contributed by atoms with van der Waals surface area (Å²) in [5, 5.41) is 8.55. The topological polar surface area (TPSA) is 76.7 Å². The van der Waals surface area contributed by atoms with Crippen LogP contribution in [-0.2, 0) is 4.79 Å². The number of aliphatic carboxylic acids is 1. The minimum absolute atomic E-state index is 0.0355. The Labute approximate surface area is 131 Å². The van der Waals surface area contributed by atoms with E-state index in [1.54, 1.807) is 6.07 Å². The normalized spacial score (nSPS) is 10.6. The molecular formula is C17H26O5. The summed E-state index contributed by atoms with van der Waals surface area (Å²) in [5.41, 5.74) is 0. The largest absolute Gasteiger partial charge is 0.481 e. The molecule has 1 aromatic rings. The van der Waals surface area contributed by atoms with Crippen LogP contribution in [0.4, 0.5) is 0 Å². The predicted octanol–water partition coefficient (Wildman–Crippen LogP) is 4.46. The second-order valence-corrected chi connectivity index (χ2v) is 5.44. The highest BCUT2D eigenvalue weighted by Gasteiger charge is 2.15. The van der Waals surface area contributed by atoms with Crippen LogP contribution in [-0.4, -0.2) is 23.5 Å². The first kappa shape index (κ1) is 18.3. The smallest absolute Gasteiger partial charge is 0.311 e. The van der Waals surface area contributed by atoms with Gasteiger partial charge in [-0.05, 0) is 12.5 Å². The molecule has 0 unspecified atom stereocenters. The molecule has 0 saturated carbocycles. The van der Waals surface area contributed by atoms with Gasteiger partial charge in [0.15, 0.2) is 5.76 Å². The molecule has 0 saturated heterocycles. The van der Waals surface area contributed by atoms with E-state index in [1.165, 1.54) is 44.6 Å². The van der Waals surface area contributed by atoms with E-state index in [1.807, 2.05) is 0 Å². The number of carboxylic acids is 1. The lowest BCUT2D eigenvalue weighted by Gasteiger charge is -2.03. The molecule has 0 amide bonds. The SMILES string of the molecule is CCCCCCCCCCOc1ccc(C(=O)CC(=O)O)o1. The fourth-order valence-electron chi connectivity index (χ4n) is 2.18. The molecule has 0 aromatic carbocycles. The predicted molar refractivity (Wildman–Crippen MR) is 83.4 cm³/mol. The maximum absolute atomic E-state index is 11.5. The van der Waals surface area contributed by atoms with Crippen molar-refractivity contribution in [1.82, 2.24) is 0 Å². The van der Waals surface area contributed by atoms with E-state index >= 15 is 0 Å². The van der Waals surface area contributed by atoms with Gasteiger partial charge in [0.05, 0.1) is 6.61 Å². The van der Waals surface area contributed by atoms with Gasteiger partial charge in [-0.3, -0.25) is 9.59 Å². The third-order valence-corrected chi connectivity index (χ3v) is 3.41. The Kier molecular flexibility index (Phi) is 9.03. The molecule has 0 atom stereocenters. The summed E-state index contributed by atoms with van der Waals surface area (Å²) in [6, 6.07) is 3.01. The second-order valence-electron chi connectivity index (χ2n) is 5.44. The molecule has 1 rings (SSSR count). The van der Waals surface area contributed by atoms with Crippen molar-refractivity contribution < 1.29 is 23.8 Å². The Morgan fingerprint density at radius 2 is 1.68 bits per heavy atom. The van der Waals surface area contributed by atoms with Gasteiger partial charge in [0.1, 0.15) is 6.42 Å². The average Bonchev–Trinajstić information content (AvgIpc) is 2.94. The molecule has 0 bridgehead atoms. The lowest BCUT2D eigenvalue weighted by molar-refractivity contribution is -0.135. The molecule has 0 aliphatic rings. The van der Waals surface area contributed by atoms with Crippen molar-refractivity contribution in [2.24, 2.45) is 0 Å². The van der Waals surface area contributed by atoms with Crippen molar-refractivity contribution in [3.05, 3.63) is 17.9 Å². The molecule has 0 aliphatic carbocycles. The number of carbonyl (C=O) groups is 2. The van der Waals surface area contributed by atoms with Crippen LogP contribution in [0.15, 0.2) is 16.5 Å². The van der Waals surface area contributed by atoms with Crippen LogP contribution in [0, 0.1) is 0 Å². The van der Waals surface area contributed by atoms with Crippen molar-refractivity contribution in [2.75, 3.05) is 6.61 Å². The maximum atomic E-state index is 11.5. The van der Waals surface area contributed by atoms with Crippen LogP contribution < -0.4 is 4.74 Å². The molecule has 1 heterocycles. The van der Waals surface area contributed by atoms with Gasteiger partial charge >= 0.3 is 5.97 Å². The van der Waals surface area contributed by atoms with Gasteiger partial charge < -0.3 is 14.3 Å². The highest BCUT2D eigenvalue weighted by atomic mass is 16.6. The van der Waals surface area contributed by atoms with E-state index in [9.17, 15) is 9.59 Å². The van der Waals surface area contributed by atoms with E-state index in [0.29, 0.717) is 6.61 Å². The molecule has 1 aromatic heterocycles. The third-order valence-electron chi connectivity index (χ3n) is 3.41. The molecule has 124 valence electrons. The lowest BCUT2D eigenvalue weighted by atomic mass is 10.1. The molecule has 1 N–H and O–H groups in total. The minimum atomic E-state index is -1.16. The van der Waals surface area contributed by atoms with Crippen LogP contribution in [0.25, 0.3) is 0 Å². The zero-order chi connectivity index (χ0) is 16.2. The Hall–Kier alpha value is -1.78. The summed E-state index contributed by atoms with van der Waals surface area (Å²) in [6.07, 6.45) is 9.23. The van der Waals surface area contributed by atoms with Crippen molar-refractivity contribution in [3.8, 4) is 5.95 Å². The number of hydrogen-bond donors (Lipinski definition) is 1. The molecule has 0 aliphatic heterocycles. The van der Waals surface area contributed by atoms with Gasteiger partial charge in [0, 0.05) is 6.07 Å². The van der Waals surface area contributed by atoms with Crippen molar-refractivity contribution >= 4 is 11.8 Å². The van der Waals surface area contributed by atoms with E-state index in [2.05, 4.69) is 6.92 Å². The third kappa shape index (κ3) is 7.86. The first-order valence-electron chi connectivity index (χ1n) is 8.11. The van der Waals surface area contributed by atoms with Crippen LogP contribution in [0.2, 0.25) is 0 Å². The summed E-state index contributed by atoms with van der Waals surface area (Å²) in [5.74, 6) is -1.40. The standard InChI is InChI=1S/C17H26O5/c1-2-3-4-5-6-7-8-9-12-21-17-11-10-15(22-17)14(18)13-16(19)20/h10-11H,2-9,12-13H2,1H3,(H,19,20). The summed E-state index contributed by atoms with van der Waals surface area (Å²) >= 11 is 0. The maximum Gasteiger partial charge on any atom is 0.311 e. The Morgan fingerprint density at radius 3 is 2.32 bits per heavy atom. The number of Topliss-reactive ketones (excluding diaryl/α,β-unsaturated/α-hetero) is 1. The Morgan fingerprint density at radius 1 is 1.05 bits per heavy atom. The van der Waals surface area contributed by atoms with Crippen molar-refractivity contribution in [2.45, 2.75) is 64.7 Å². The Balaban J connectivity index is 2.09. The first-order valence-corrected chi connectivity index (χ1v) is 8.11. The van der Waals surface area contributed by atoms with Crippen LogP contribution in [0.1, 0.15) is 75.3 Å². The zero-order valence-electron chi connectivity index (χ0n) is 13.3. The highest BCUT2D eigenvalue weighted by Crippen LogP contribution is 2.18. The molecule has 0 radical (unpaired) electrons. The monoisotopic (exact) mass is 310 g/mol. The number of furan rings is 1. The first-order chi connectivity index (χ1) is 10.6.